The molecule has 1 amide bonds. The number of nitrogens with one attached hydrogen (secondary N) is 1. The number of carbonyl (C=O) groups excluding carboxylic acids is 1. The van der Waals surface area contributed by atoms with Gasteiger partial charge in [-0.05, 0) is 10.5 Å². The summed E-state index contributed by atoms with van der Waals surface area (Å²) in [5.74, 6) is 0. The highest BCUT2D eigenvalue weighted by molar-refractivity contribution is 9.11. The molecule has 0 atom stereocenters. The van der Waals surface area contributed by atoms with Crippen molar-refractivity contribution >= 4 is 22.0 Å². The molecule has 0 unspecified atom stereocenters. The van der Waals surface area contributed by atoms with Crippen molar-refractivity contribution in [2.45, 2.75) is 6.61 Å². The van der Waals surface area contributed by atoms with Crippen LogP contribution in [-0.2, 0) is 11.3 Å². The molecule has 15 heavy (non-hydrogen) atoms. The first-order valence-corrected chi connectivity index (χ1v) is 5.44. The lowest BCUT2D eigenvalue weighted by molar-refractivity contribution is 0.141. The zero-order valence-electron chi connectivity index (χ0n) is 8.15. The van der Waals surface area contributed by atoms with E-state index in [0.29, 0.717) is 13.2 Å². The summed E-state index contributed by atoms with van der Waals surface area (Å²) >= 11 is 3.10. The first-order chi connectivity index (χ1) is 7.33. The molecule has 0 aliphatic carbocycles. The second kappa shape index (κ2) is 7.06. The van der Waals surface area contributed by atoms with E-state index in [9.17, 15) is 4.79 Å². The number of carbonyl (C=O) groups is 1. The van der Waals surface area contributed by atoms with Gasteiger partial charge in [0, 0.05) is 6.54 Å². The molecule has 80 valence electrons. The SMILES string of the molecule is O=C(NC/C=C/Br)OCc1ccccc1. The lowest BCUT2D eigenvalue weighted by Gasteiger charge is -2.04. The number of amides is 1. The van der Waals surface area contributed by atoms with Gasteiger partial charge < -0.3 is 10.1 Å². The molecule has 3 nitrogen and oxygen atoms in total. The van der Waals surface area contributed by atoms with Gasteiger partial charge in [-0.2, -0.15) is 0 Å². The first-order valence-electron chi connectivity index (χ1n) is 4.52. The Bertz CT molecular complexity index is 325. The molecule has 0 aromatic heterocycles. The van der Waals surface area contributed by atoms with Gasteiger partial charge in [-0.15, -0.1) is 0 Å². The highest BCUT2D eigenvalue weighted by Crippen LogP contribution is 2.00. The van der Waals surface area contributed by atoms with Crippen LogP contribution < -0.4 is 5.32 Å². The third kappa shape index (κ3) is 5.22. The summed E-state index contributed by atoms with van der Waals surface area (Å²) < 4.78 is 4.98. The van der Waals surface area contributed by atoms with Crippen LogP contribution in [0.15, 0.2) is 41.4 Å². The maximum atomic E-state index is 11.1. The van der Waals surface area contributed by atoms with Crippen molar-refractivity contribution in [2.24, 2.45) is 0 Å². The summed E-state index contributed by atoms with van der Waals surface area (Å²) in [6.07, 6.45) is 1.36. The summed E-state index contributed by atoms with van der Waals surface area (Å²) in [4.78, 5) is 12.8. The monoisotopic (exact) mass is 269 g/mol. The highest BCUT2D eigenvalue weighted by atomic mass is 79.9. The normalized spacial score (nSPS) is 10.2. The van der Waals surface area contributed by atoms with Gasteiger partial charge in [-0.3, -0.25) is 0 Å². The maximum absolute atomic E-state index is 11.1. The van der Waals surface area contributed by atoms with Crippen LogP contribution in [0.25, 0.3) is 0 Å². The Balaban J connectivity index is 2.23. The summed E-state index contributed by atoms with van der Waals surface area (Å²) in [6, 6.07) is 9.55. The third-order valence-electron chi connectivity index (χ3n) is 1.67. The van der Waals surface area contributed by atoms with Crippen molar-refractivity contribution < 1.29 is 9.53 Å². The van der Waals surface area contributed by atoms with E-state index in [1.807, 2.05) is 30.3 Å². The Morgan fingerprint density at radius 3 is 2.80 bits per heavy atom. The molecule has 1 aromatic carbocycles. The molecule has 1 rings (SSSR count). The van der Waals surface area contributed by atoms with E-state index < -0.39 is 6.09 Å². The van der Waals surface area contributed by atoms with Gasteiger partial charge in [0.05, 0.1) is 0 Å². The van der Waals surface area contributed by atoms with Crippen molar-refractivity contribution in [3.8, 4) is 0 Å². The van der Waals surface area contributed by atoms with Crippen molar-refractivity contribution in [3.05, 3.63) is 47.0 Å². The van der Waals surface area contributed by atoms with Crippen LogP contribution in [0.3, 0.4) is 0 Å². The van der Waals surface area contributed by atoms with Gasteiger partial charge in [0.15, 0.2) is 0 Å². The predicted octanol–water partition coefficient (Wildman–Crippen LogP) is 2.82. The zero-order valence-corrected chi connectivity index (χ0v) is 9.74. The number of hydrogen-bond acceptors (Lipinski definition) is 2. The molecule has 0 bridgehead atoms. The summed E-state index contributed by atoms with van der Waals surface area (Å²) in [5.41, 5.74) is 0.976. The molecule has 0 saturated heterocycles. The first kappa shape index (κ1) is 11.8. The topological polar surface area (TPSA) is 38.3 Å². The molecule has 1 N–H and O–H groups in total. The Morgan fingerprint density at radius 2 is 2.13 bits per heavy atom. The van der Waals surface area contributed by atoms with Gasteiger partial charge in [0.2, 0.25) is 0 Å². The molecule has 0 radical (unpaired) electrons. The maximum Gasteiger partial charge on any atom is 0.407 e. The van der Waals surface area contributed by atoms with Crippen molar-refractivity contribution in [1.29, 1.82) is 0 Å². The number of hydrogen-bond donors (Lipinski definition) is 1. The molecule has 0 aliphatic heterocycles. The molecular weight excluding hydrogens is 258 g/mol. The average Bonchev–Trinajstić information content (AvgIpc) is 2.28. The van der Waals surface area contributed by atoms with Gasteiger partial charge in [0.1, 0.15) is 6.61 Å². The summed E-state index contributed by atoms with van der Waals surface area (Å²) in [6.45, 7) is 0.754. The zero-order chi connectivity index (χ0) is 10.9. The number of benzene rings is 1. The molecule has 4 heteroatoms. The second-order valence-electron chi connectivity index (χ2n) is 2.80. The van der Waals surface area contributed by atoms with Crippen LogP contribution in [0.2, 0.25) is 0 Å². The lowest BCUT2D eigenvalue weighted by Crippen LogP contribution is -2.24. The minimum atomic E-state index is -0.413. The Kier molecular flexibility index (Phi) is 5.55. The molecule has 0 aliphatic rings. The Hall–Kier alpha value is -1.29. The van der Waals surface area contributed by atoms with Crippen molar-refractivity contribution in [2.75, 3.05) is 6.54 Å². The van der Waals surface area contributed by atoms with Crippen LogP contribution in [0, 0.1) is 0 Å². The fourth-order valence-electron chi connectivity index (χ4n) is 0.961. The van der Waals surface area contributed by atoms with Crippen molar-refractivity contribution in [1.82, 2.24) is 5.32 Å². The predicted molar refractivity (Wildman–Crippen MR) is 62.7 cm³/mol. The van der Waals surface area contributed by atoms with Gasteiger partial charge >= 0.3 is 6.09 Å². The molecule has 0 saturated carbocycles. The van der Waals surface area contributed by atoms with E-state index in [1.165, 1.54) is 0 Å². The molecule has 0 heterocycles. The third-order valence-corrected chi connectivity index (χ3v) is 2.04. The number of ether oxygens (including phenoxy) is 1. The molecule has 0 fully saturated rings. The largest absolute Gasteiger partial charge is 0.445 e. The van der Waals surface area contributed by atoms with Crippen LogP contribution in [0.5, 0.6) is 0 Å². The smallest absolute Gasteiger partial charge is 0.407 e. The molecule has 1 aromatic rings. The standard InChI is InChI=1S/C11H12BrNO2/c12-7-4-8-13-11(14)15-9-10-5-2-1-3-6-10/h1-7H,8-9H2,(H,13,14)/b7-4+. The van der Waals surface area contributed by atoms with Gasteiger partial charge in [-0.25, -0.2) is 4.79 Å². The minimum Gasteiger partial charge on any atom is -0.445 e. The van der Waals surface area contributed by atoms with Crippen LogP contribution in [0.4, 0.5) is 4.79 Å². The van der Waals surface area contributed by atoms with Crippen LogP contribution >= 0.6 is 15.9 Å². The second-order valence-corrected chi connectivity index (χ2v) is 3.33. The fraction of sp³-hybridized carbons (Fsp3) is 0.182. The van der Waals surface area contributed by atoms with Crippen molar-refractivity contribution in [3.63, 3.8) is 0 Å². The molecular formula is C11H12BrNO2. The van der Waals surface area contributed by atoms with Crippen LogP contribution in [-0.4, -0.2) is 12.6 Å². The van der Waals surface area contributed by atoms with E-state index >= 15 is 0 Å². The van der Waals surface area contributed by atoms with E-state index in [0.717, 1.165) is 5.56 Å². The summed E-state index contributed by atoms with van der Waals surface area (Å²) in [7, 11) is 0. The van der Waals surface area contributed by atoms with Crippen LogP contribution in [0.1, 0.15) is 5.56 Å². The average molecular weight is 270 g/mol. The van der Waals surface area contributed by atoms with Gasteiger partial charge in [-0.1, -0.05) is 52.3 Å². The number of rotatable bonds is 4. The van der Waals surface area contributed by atoms with E-state index in [-0.39, 0.29) is 0 Å². The Labute approximate surface area is 97.3 Å². The Morgan fingerprint density at radius 1 is 1.40 bits per heavy atom. The minimum absolute atomic E-state index is 0.296. The van der Waals surface area contributed by atoms with E-state index in [1.54, 1.807) is 11.1 Å². The lowest BCUT2D eigenvalue weighted by atomic mass is 10.2. The fourth-order valence-corrected chi connectivity index (χ4v) is 1.15. The summed E-state index contributed by atoms with van der Waals surface area (Å²) in [5, 5.41) is 2.58. The number of alkyl carbamates (subject to hydrolysis) is 1. The van der Waals surface area contributed by atoms with Gasteiger partial charge in [0.25, 0.3) is 0 Å². The highest BCUT2D eigenvalue weighted by Gasteiger charge is 1.99. The molecule has 0 spiro atoms. The quantitative estimate of drug-likeness (QED) is 0.913. The van der Waals surface area contributed by atoms with E-state index in [2.05, 4.69) is 21.2 Å². The van der Waals surface area contributed by atoms with E-state index in [4.69, 9.17) is 4.74 Å². The number of halogens is 1.